The molecule has 4 nitrogen and oxygen atoms in total. The second-order valence-electron chi connectivity index (χ2n) is 12.1. The van der Waals surface area contributed by atoms with Crippen molar-refractivity contribution in [2.45, 2.75) is 0 Å². The second-order valence-corrected chi connectivity index (χ2v) is 12.1. The summed E-state index contributed by atoms with van der Waals surface area (Å²) in [5.41, 5.74) is 10.4. The Kier molecular flexibility index (Phi) is 4.55. The Morgan fingerprint density at radius 2 is 0.804 bits per heavy atom. The van der Waals surface area contributed by atoms with Crippen LogP contribution in [0.2, 0.25) is 0 Å². The summed E-state index contributed by atoms with van der Waals surface area (Å²) in [6, 6.07) is 51.5. The van der Waals surface area contributed by atoms with Gasteiger partial charge in [-0.1, -0.05) is 60.7 Å². The molecule has 0 N–H and O–H groups in total. The van der Waals surface area contributed by atoms with E-state index in [9.17, 15) is 0 Å². The van der Waals surface area contributed by atoms with Crippen molar-refractivity contribution in [1.29, 1.82) is 0 Å². The molecular formula is C42H24N2O2. The average molecular weight is 589 g/mol. The fraction of sp³-hybridized carbons (Fsp3) is 0. The summed E-state index contributed by atoms with van der Waals surface area (Å²) in [5, 5.41) is 9.43. The normalized spacial score (nSPS) is 12.3. The van der Waals surface area contributed by atoms with Gasteiger partial charge in [-0.25, -0.2) is 0 Å². The van der Waals surface area contributed by atoms with Gasteiger partial charge in [-0.15, -0.1) is 0 Å². The summed E-state index contributed by atoms with van der Waals surface area (Å²) in [7, 11) is 0. The highest BCUT2D eigenvalue weighted by Gasteiger charge is 2.26. The van der Waals surface area contributed by atoms with Crippen molar-refractivity contribution in [1.82, 2.24) is 4.57 Å². The standard InChI is InChI=1S/C42H24N2O2/c1-3-9-25(10-4-1)43(26-11-5-2-6-12-26)27-17-19-28(20-18-27)44-31-21-23-35-41-37-29(13-7-15-33(37)45-35)30-14-8-16-34-38(30)42-36(46-34)24-22-32(44)40(42)39(31)41/h1-24H. The van der Waals surface area contributed by atoms with Crippen LogP contribution in [0.15, 0.2) is 154 Å². The third-order valence-corrected chi connectivity index (χ3v) is 9.70. The van der Waals surface area contributed by atoms with Crippen LogP contribution in [0.4, 0.5) is 17.1 Å². The van der Waals surface area contributed by atoms with Crippen LogP contribution in [-0.4, -0.2) is 4.57 Å². The lowest BCUT2D eigenvalue weighted by Gasteiger charge is -2.25. The Labute approximate surface area is 262 Å². The van der Waals surface area contributed by atoms with Crippen LogP contribution in [0.25, 0.3) is 82.1 Å². The van der Waals surface area contributed by atoms with Gasteiger partial charge in [0.15, 0.2) is 0 Å². The van der Waals surface area contributed by atoms with Gasteiger partial charge in [0.2, 0.25) is 0 Å². The van der Waals surface area contributed by atoms with Gasteiger partial charge < -0.3 is 18.3 Å². The highest BCUT2D eigenvalue weighted by molar-refractivity contribution is 6.41. The van der Waals surface area contributed by atoms with Crippen molar-refractivity contribution < 1.29 is 8.83 Å². The highest BCUT2D eigenvalue weighted by Crippen LogP contribution is 2.49. The van der Waals surface area contributed by atoms with E-state index < -0.39 is 0 Å². The summed E-state index contributed by atoms with van der Waals surface area (Å²) in [6.45, 7) is 0. The number of nitrogens with zero attached hydrogens (tertiary/aromatic N) is 2. The number of para-hydroxylation sites is 2. The summed E-state index contributed by atoms with van der Waals surface area (Å²) in [6.07, 6.45) is 0. The van der Waals surface area contributed by atoms with Gasteiger partial charge in [-0.2, -0.15) is 0 Å². The zero-order chi connectivity index (χ0) is 29.9. The van der Waals surface area contributed by atoms with Crippen LogP contribution >= 0.6 is 0 Å². The molecule has 0 saturated carbocycles. The van der Waals surface area contributed by atoms with E-state index in [1.54, 1.807) is 0 Å². The van der Waals surface area contributed by atoms with Gasteiger partial charge in [0.1, 0.15) is 22.3 Å². The number of furan rings is 2. The zero-order valence-corrected chi connectivity index (χ0v) is 24.6. The van der Waals surface area contributed by atoms with E-state index in [-0.39, 0.29) is 0 Å². The quantitative estimate of drug-likeness (QED) is 0.205. The third-order valence-electron chi connectivity index (χ3n) is 9.70. The summed E-state index contributed by atoms with van der Waals surface area (Å²) in [4.78, 5) is 2.30. The molecule has 11 aromatic rings. The fourth-order valence-corrected chi connectivity index (χ4v) is 7.88. The topological polar surface area (TPSA) is 34.5 Å². The van der Waals surface area contributed by atoms with Gasteiger partial charge >= 0.3 is 0 Å². The first-order valence-corrected chi connectivity index (χ1v) is 15.6. The molecule has 0 atom stereocenters. The Bertz CT molecular complexity index is 2720. The van der Waals surface area contributed by atoms with Crippen molar-refractivity contribution in [3.63, 3.8) is 0 Å². The molecule has 0 spiro atoms. The minimum Gasteiger partial charge on any atom is -0.456 e. The molecule has 3 aromatic heterocycles. The molecule has 0 bridgehead atoms. The Morgan fingerprint density at radius 3 is 1.30 bits per heavy atom. The van der Waals surface area contributed by atoms with Crippen molar-refractivity contribution in [2.24, 2.45) is 0 Å². The van der Waals surface area contributed by atoms with Gasteiger partial charge in [-0.3, -0.25) is 0 Å². The number of hydrogen-bond donors (Lipinski definition) is 0. The number of aromatic nitrogens is 1. The number of fused-ring (bicyclic) bond motifs is 1. The Hall–Kier alpha value is -6.26. The van der Waals surface area contributed by atoms with Gasteiger partial charge in [0.25, 0.3) is 0 Å². The largest absolute Gasteiger partial charge is 0.456 e. The molecule has 11 rings (SSSR count). The summed E-state index contributed by atoms with van der Waals surface area (Å²) in [5.74, 6) is 0. The van der Waals surface area contributed by atoms with E-state index in [0.29, 0.717) is 0 Å². The molecule has 0 aliphatic rings. The highest BCUT2D eigenvalue weighted by atomic mass is 16.3. The SMILES string of the molecule is c1ccc(N(c2ccccc2)c2ccc(-n3c4ccc5oc6cccc7c8cccc9oc%10ccc3c(c%10c98)c4c5c67)cc2)cc1. The van der Waals surface area contributed by atoms with Crippen LogP contribution < -0.4 is 4.90 Å². The summed E-state index contributed by atoms with van der Waals surface area (Å²) >= 11 is 0. The van der Waals surface area contributed by atoms with Crippen molar-refractivity contribution in [3.8, 4) is 5.69 Å². The lowest BCUT2D eigenvalue weighted by molar-refractivity contribution is 0.669. The Morgan fingerprint density at radius 1 is 0.348 bits per heavy atom. The first-order valence-electron chi connectivity index (χ1n) is 15.6. The fourth-order valence-electron chi connectivity index (χ4n) is 7.88. The molecule has 0 aliphatic heterocycles. The van der Waals surface area contributed by atoms with Crippen LogP contribution in [0.3, 0.4) is 0 Å². The molecule has 0 unspecified atom stereocenters. The first-order chi connectivity index (χ1) is 22.8. The van der Waals surface area contributed by atoms with E-state index in [4.69, 9.17) is 8.83 Å². The van der Waals surface area contributed by atoms with Crippen LogP contribution in [0.5, 0.6) is 0 Å². The predicted octanol–water partition coefficient (Wildman–Crippen LogP) is 12.1. The van der Waals surface area contributed by atoms with E-state index in [1.165, 1.54) is 32.3 Å². The monoisotopic (exact) mass is 588 g/mol. The second kappa shape index (κ2) is 8.68. The number of anilines is 3. The number of benzene rings is 7. The van der Waals surface area contributed by atoms with Crippen LogP contribution in [0.1, 0.15) is 0 Å². The van der Waals surface area contributed by atoms with E-state index in [1.807, 2.05) is 0 Å². The van der Waals surface area contributed by atoms with Gasteiger partial charge in [-0.05, 0) is 95.7 Å². The first kappa shape index (κ1) is 24.1. The molecule has 0 amide bonds. The van der Waals surface area contributed by atoms with Crippen LogP contribution in [-0.2, 0) is 0 Å². The molecule has 0 radical (unpaired) electrons. The van der Waals surface area contributed by atoms with Gasteiger partial charge in [0.05, 0.1) is 11.0 Å². The van der Waals surface area contributed by atoms with Crippen LogP contribution in [0, 0.1) is 0 Å². The molecule has 3 heterocycles. The molecule has 0 aliphatic carbocycles. The molecule has 0 fully saturated rings. The molecule has 4 heteroatoms. The van der Waals surface area contributed by atoms with E-state index in [0.717, 1.165) is 66.9 Å². The third kappa shape index (κ3) is 3.03. The molecular weight excluding hydrogens is 564 g/mol. The molecule has 0 saturated heterocycles. The molecule has 214 valence electrons. The van der Waals surface area contributed by atoms with E-state index >= 15 is 0 Å². The zero-order valence-electron chi connectivity index (χ0n) is 24.6. The predicted molar refractivity (Wildman–Crippen MR) is 190 cm³/mol. The van der Waals surface area contributed by atoms with Gasteiger partial charge in [0, 0.05) is 55.1 Å². The van der Waals surface area contributed by atoms with Crippen molar-refractivity contribution in [3.05, 3.63) is 146 Å². The smallest absolute Gasteiger partial charge is 0.136 e. The average Bonchev–Trinajstić information content (AvgIpc) is 3.78. The minimum atomic E-state index is 0.904. The minimum absolute atomic E-state index is 0.904. The Balaban J connectivity index is 1.24. The molecule has 46 heavy (non-hydrogen) atoms. The maximum atomic E-state index is 6.53. The van der Waals surface area contributed by atoms with Crippen molar-refractivity contribution in [2.75, 3.05) is 4.90 Å². The number of hydrogen-bond acceptors (Lipinski definition) is 3. The number of rotatable bonds is 4. The molecule has 8 aromatic carbocycles. The maximum Gasteiger partial charge on any atom is 0.136 e. The lowest BCUT2D eigenvalue weighted by Crippen LogP contribution is -2.09. The van der Waals surface area contributed by atoms with Crippen molar-refractivity contribution >= 4 is 93.5 Å². The maximum absolute atomic E-state index is 6.53. The lowest BCUT2D eigenvalue weighted by atomic mass is 9.95. The van der Waals surface area contributed by atoms with E-state index in [2.05, 4.69) is 155 Å². The summed E-state index contributed by atoms with van der Waals surface area (Å²) < 4.78 is 15.5.